The number of aliphatic hydroxyl groups is 1. The second-order valence-electron chi connectivity index (χ2n) is 8.65. The van der Waals surface area contributed by atoms with E-state index < -0.39 is 29.7 Å². The number of rotatable bonds is 7. The molecule has 0 spiro atoms. The van der Waals surface area contributed by atoms with Crippen molar-refractivity contribution < 1.29 is 28.8 Å². The van der Waals surface area contributed by atoms with Crippen LogP contribution in [0, 0.1) is 5.92 Å². The fourth-order valence-electron chi connectivity index (χ4n) is 5.31. The second-order valence-corrected chi connectivity index (χ2v) is 10.5. The first-order valence-corrected chi connectivity index (χ1v) is 12.4. The zero-order valence-corrected chi connectivity index (χ0v) is 19.1. The average Bonchev–Trinajstić information content (AvgIpc) is 3.57. The smallest absolute Gasteiger partial charge is 0.349 e. The lowest BCUT2D eigenvalue weighted by Crippen LogP contribution is -2.74. The van der Waals surface area contributed by atoms with Crippen molar-refractivity contribution >= 4 is 34.6 Å². The largest absolute Gasteiger partial charge is 0.453 e. The number of quaternary nitrogens is 1. The van der Waals surface area contributed by atoms with Crippen molar-refractivity contribution in [1.29, 1.82) is 0 Å². The fourth-order valence-corrected chi connectivity index (χ4v) is 7.02. The van der Waals surface area contributed by atoms with Crippen molar-refractivity contribution in [2.45, 2.75) is 30.7 Å². The quantitative estimate of drug-likeness (QED) is 0.467. The number of hydroxylamine groups is 2. The van der Waals surface area contributed by atoms with Gasteiger partial charge in [-0.2, -0.15) is 0 Å². The Balaban J connectivity index is 1.41. The summed E-state index contributed by atoms with van der Waals surface area (Å²) < 4.78 is 6.44. The number of thiophene rings is 2. The van der Waals surface area contributed by atoms with Gasteiger partial charge < -0.3 is 20.4 Å². The van der Waals surface area contributed by atoms with Gasteiger partial charge in [0.25, 0.3) is 12.1 Å². The van der Waals surface area contributed by atoms with Crippen LogP contribution < -0.4 is 5.73 Å². The highest BCUT2D eigenvalue weighted by atomic mass is 32.1. The summed E-state index contributed by atoms with van der Waals surface area (Å²) in [5.41, 5.74) is 3.98. The second kappa shape index (κ2) is 8.27. The van der Waals surface area contributed by atoms with E-state index in [0.29, 0.717) is 27.3 Å². The predicted octanol–water partition coefficient (Wildman–Crippen LogP) is 1.77. The third-order valence-corrected chi connectivity index (χ3v) is 8.85. The maximum Gasteiger partial charge on any atom is 0.349 e. The molecule has 2 aromatic rings. The Kier molecular flexibility index (Phi) is 5.58. The maximum atomic E-state index is 13.5. The first-order valence-electron chi connectivity index (χ1n) is 10.7. The van der Waals surface area contributed by atoms with E-state index >= 15 is 0 Å². The van der Waals surface area contributed by atoms with Crippen LogP contribution in [0.2, 0.25) is 0 Å². The van der Waals surface area contributed by atoms with Crippen LogP contribution in [0.15, 0.2) is 47.4 Å². The van der Waals surface area contributed by atoms with Gasteiger partial charge in [-0.3, -0.25) is 9.28 Å². The molecule has 2 aromatic heterocycles. The van der Waals surface area contributed by atoms with Gasteiger partial charge in [-0.15, -0.1) is 22.7 Å². The molecule has 8 nitrogen and oxygen atoms in total. The highest BCUT2D eigenvalue weighted by molar-refractivity contribution is 7.12. The minimum absolute atomic E-state index is 0.195. The number of nitrogens with two attached hydrogens (primary N) is 1. The Morgan fingerprint density at radius 1 is 1.22 bits per heavy atom. The van der Waals surface area contributed by atoms with Crippen molar-refractivity contribution in [2.24, 2.45) is 11.7 Å². The minimum Gasteiger partial charge on any atom is -0.453 e. The monoisotopic (exact) mass is 476 g/mol. The molecule has 6 rings (SSSR count). The number of hydrogen-bond acceptors (Lipinski definition) is 8. The maximum absolute atomic E-state index is 13.5. The summed E-state index contributed by atoms with van der Waals surface area (Å²) in [5.74, 6) is -0.928. The third kappa shape index (κ3) is 3.46. The zero-order valence-electron chi connectivity index (χ0n) is 17.5. The number of nitrogens with zero attached hydrogens (tertiary/aromatic N) is 2. The molecule has 170 valence electrons. The van der Waals surface area contributed by atoms with Gasteiger partial charge in [0, 0.05) is 18.8 Å². The Hall–Kier alpha value is -2.24. The molecule has 3 fully saturated rings. The van der Waals surface area contributed by atoms with E-state index in [9.17, 15) is 14.7 Å². The molecule has 4 aliphatic heterocycles. The number of carbonyl (C=O) groups is 2. The van der Waals surface area contributed by atoms with Crippen molar-refractivity contribution in [3.8, 4) is 0 Å². The van der Waals surface area contributed by atoms with E-state index in [1.165, 1.54) is 22.7 Å². The Morgan fingerprint density at radius 3 is 2.38 bits per heavy atom. The summed E-state index contributed by atoms with van der Waals surface area (Å²) in [6.45, 7) is 2.49. The van der Waals surface area contributed by atoms with Crippen LogP contribution in [0.25, 0.3) is 0 Å². The van der Waals surface area contributed by atoms with Crippen molar-refractivity contribution in [3.63, 3.8) is 0 Å². The first kappa shape index (κ1) is 21.6. The van der Waals surface area contributed by atoms with E-state index in [2.05, 4.69) is 0 Å². The number of fused-ring (bicyclic) bond motifs is 3. The summed E-state index contributed by atoms with van der Waals surface area (Å²) in [6.07, 6.45) is 3.98. The standard InChI is InChI=1S/C22H25N3O5S2/c23-19(26)20(24-8-3-11-29-24)25-9-6-15(7-10-25)16(14-25)30-21(27)22(28,17-4-1-12-31-17)18-5-2-13-32-18/h1-5,11-13,15-16,20,28H,6-10,14H2,(H-,23,26)/p+1/t15?,16-,20?,25?/m0/s1. The molecule has 3 saturated heterocycles. The summed E-state index contributed by atoms with van der Waals surface area (Å²) in [5, 5.41) is 16.8. The SMILES string of the molecule is NC(=O)C(N1CC=CO1)[N+]12CCC(CC1)[C@@H](OC(=O)C(O)(c1cccs1)c1cccs1)C2. The molecule has 1 amide bonds. The van der Waals surface area contributed by atoms with Gasteiger partial charge >= 0.3 is 5.97 Å². The van der Waals surface area contributed by atoms with Crippen LogP contribution in [0.3, 0.4) is 0 Å². The molecule has 3 N–H and O–H groups in total. The molecule has 1 unspecified atom stereocenters. The number of esters is 1. The van der Waals surface area contributed by atoms with E-state index in [1.54, 1.807) is 23.5 Å². The zero-order chi connectivity index (χ0) is 22.3. The topological polar surface area (TPSA) is 102 Å². The van der Waals surface area contributed by atoms with E-state index in [0.717, 1.165) is 25.9 Å². The fraction of sp³-hybridized carbons (Fsp3) is 0.455. The first-order chi connectivity index (χ1) is 15.4. The number of ether oxygens (including phenoxy) is 1. The van der Waals surface area contributed by atoms with Crippen LogP contribution in [-0.4, -0.2) is 65.0 Å². The van der Waals surface area contributed by atoms with Crippen LogP contribution >= 0.6 is 22.7 Å². The van der Waals surface area contributed by atoms with E-state index in [1.807, 2.05) is 29.0 Å². The number of carbonyl (C=O) groups excluding carboxylic acids is 2. The van der Waals surface area contributed by atoms with Crippen molar-refractivity contribution in [2.75, 3.05) is 26.2 Å². The van der Waals surface area contributed by atoms with Gasteiger partial charge in [-0.1, -0.05) is 17.2 Å². The molecule has 0 radical (unpaired) electrons. The summed E-state index contributed by atoms with van der Waals surface area (Å²) in [7, 11) is 0. The molecule has 6 heterocycles. The lowest BCUT2D eigenvalue weighted by molar-refractivity contribution is -0.973. The molecule has 0 aliphatic carbocycles. The van der Waals surface area contributed by atoms with Gasteiger partial charge in [0.15, 0.2) is 6.10 Å². The summed E-state index contributed by atoms with van der Waals surface area (Å²) >= 11 is 2.64. The van der Waals surface area contributed by atoms with Gasteiger partial charge in [-0.05, 0) is 29.0 Å². The van der Waals surface area contributed by atoms with Crippen LogP contribution in [0.4, 0.5) is 0 Å². The van der Waals surface area contributed by atoms with Gasteiger partial charge in [0.05, 0.1) is 29.4 Å². The minimum atomic E-state index is -1.84. The normalized spacial score (nSPS) is 28.4. The number of hydrogen-bond donors (Lipinski definition) is 2. The lowest BCUT2D eigenvalue weighted by Gasteiger charge is -2.55. The summed E-state index contributed by atoms with van der Waals surface area (Å²) in [6, 6.07) is 7.11. The molecule has 32 heavy (non-hydrogen) atoms. The molecule has 2 atom stereocenters. The van der Waals surface area contributed by atoms with Crippen LogP contribution in [0.5, 0.6) is 0 Å². The predicted molar refractivity (Wildman–Crippen MR) is 119 cm³/mol. The summed E-state index contributed by atoms with van der Waals surface area (Å²) in [4.78, 5) is 32.5. The third-order valence-electron chi connectivity index (χ3n) is 6.89. The molecular formula is C22H26N3O5S2+. The molecule has 4 aliphatic rings. The Bertz CT molecular complexity index is 957. The molecule has 2 bridgehead atoms. The highest BCUT2D eigenvalue weighted by Gasteiger charge is 2.57. The van der Waals surface area contributed by atoms with Crippen molar-refractivity contribution in [1.82, 2.24) is 5.06 Å². The lowest BCUT2D eigenvalue weighted by atomic mass is 9.82. The molecule has 0 saturated carbocycles. The van der Waals surface area contributed by atoms with Crippen LogP contribution in [0.1, 0.15) is 22.6 Å². The van der Waals surface area contributed by atoms with Crippen molar-refractivity contribution in [3.05, 3.63) is 57.1 Å². The van der Waals surface area contributed by atoms with E-state index in [4.69, 9.17) is 15.3 Å². The Morgan fingerprint density at radius 2 is 1.88 bits per heavy atom. The number of piperidine rings is 3. The van der Waals surface area contributed by atoms with Crippen LogP contribution in [-0.2, 0) is 24.8 Å². The average molecular weight is 477 g/mol. The molecular weight excluding hydrogens is 450 g/mol. The number of amides is 1. The Labute approximate surface area is 194 Å². The molecule has 10 heteroatoms. The number of primary amides is 1. The molecule has 0 aromatic carbocycles. The van der Waals surface area contributed by atoms with Gasteiger partial charge in [-0.25, -0.2) is 4.79 Å². The highest BCUT2D eigenvalue weighted by Crippen LogP contribution is 2.42. The van der Waals surface area contributed by atoms with Gasteiger partial charge in [0.2, 0.25) is 5.60 Å². The van der Waals surface area contributed by atoms with Gasteiger partial charge in [0.1, 0.15) is 12.8 Å². The van der Waals surface area contributed by atoms with E-state index in [-0.39, 0.29) is 5.92 Å².